The van der Waals surface area contributed by atoms with E-state index >= 15 is 0 Å². The van der Waals surface area contributed by atoms with Crippen molar-refractivity contribution in [3.8, 4) is 0 Å². The number of hydrogen-bond donors (Lipinski definition) is 4. The maximum absolute atomic E-state index is 10.8. The number of H-pyrrole nitrogens is 2. The second kappa shape index (κ2) is 5.68. The third-order valence-corrected chi connectivity index (χ3v) is 3.40. The predicted octanol–water partition coefficient (Wildman–Crippen LogP) is 1.77. The fourth-order valence-corrected chi connectivity index (χ4v) is 2.56. The number of halogens is 2. The number of benzene rings is 1. The predicted molar refractivity (Wildman–Crippen MR) is 74.5 cm³/mol. The zero-order valence-electron chi connectivity index (χ0n) is 9.08. The van der Waals surface area contributed by atoms with Gasteiger partial charge in [0.05, 0.1) is 0 Å². The fraction of sp³-hybridized carbons (Fsp3) is 0.200. The Morgan fingerprint density at radius 3 is 2.83 bits per heavy atom. The Morgan fingerprint density at radius 2 is 2.22 bits per heavy atom. The molecule has 0 aliphatic heterocycles. The van der Waals surface area contributed by atoms with Crippen molar-refractivity contribution < 1.29 is 5.11 Å². The van der Waals surface area contributed by atoms with E-state index in [1.807, 2.05) is 18.2 Å². The van der Waals surface area contributed by atoms with Crippen LogP contribution in [-0.2, 0) is 0 Å². The molecule has 0 spiro atoms. The number of aliphatic hydroxyl groups excluding tert-OH is 1. The smallest absolute Gasteiger partial charge is 0.340 e. The van der Waals surface area contributed by atoms with Crippen molar-refractivity contribution in [3.63, 3.8) is 0 Å². The van der Waals surface area contributed by atoms with Gasteiger partial charge in [-0.1, -0.05) is 15.9 Å². The summed E-state index contributed by atoms with van der Waals surface area (Å²) in [5.41, 5.74) is 0.406. The highest BCUT2D eigenvalue weighted by atomic mass is 79.9. The minimum atomic E-state index is -0.889. The number of nitrogens with one attached hydrogen (secondary N) is 3. The summed E-state index contributed by atoms with van der Waals surface area (Å²) in [6, 6.07) is 5.65. The van der Waals surface area contributed by atoms with Gasteiger partial charge in [-0.3, -0.25) is 4.98 Å². The molecular formula is C10H10Br2N4O2. The van der Waals surface area contributed by atoms with Crippen LogP contribution in [0.4, 0.5) is 5.69 Å². The first-order valence-corrected chi connectivity index (χ1v) is 6.66. The second-order valence-corrected chi connectivity index (χ2v) is 5.35. The molecular weight excluding hydrogens is 368 g/mol. The molecule has 0 saturated heterocycles. The molecule has 1 aromatic heterocycles. The quantitative estimate of drug-likeness (QED) is 0.653. The van der Waals surface area contributed by atoms with Crippen molar-refractivity contribution in [1.29, 1.82) is 0 Å². The normalized spacial score (nSPS) is 12.4. The van der Waals surface area contributed by atoms with Crippen LogP contribution >= 0.6 is 31.9 Å². The third kappa shape index (κ3) is 3.21. The van der Waals surface area contributed by atoms with Gasteiger partial charge in [-0.25, -0.2) is 9.89 Å². The molecule has 0 amide bonds. The number of aromatic nitrogens is 3. The molecule has 0 radical (unpaired) electrons. The second-order valence-electron chi connectivity index (χ2n) is 3.58. The summed E-state index contributed by atoms with van der Waals surface area (Å²) < 4.78 is 1.83. The summed E-state index contributed by atoms with van der Waals surface area (Å²) in [6.45, 7) is 0.237. The van der Waals surface area contributed by atoms with Gasteiger partial charge >= 0.3 is 5.69 Å². The Labute approximate surface area is 119 Å². The standard InChI is InChI=1S/C10H10Br2N4O2/c11-5-1-2-7(6(12)3-5)13-4-8(17)9-14-10(18)16-15-9/h1-3,8,13,17H,4H2,(H2,14,15,16,18). The van der Waals surface area contributed by atoms with Crippen molar-refractivity contribution in [2.45, 2.75) is 6.10 Å². The molecule has 18 heavy (non-hydrogen) atoms. The molecule has 96 valence electrons. The van der Waals surface area contributed by atoms with Crippen LogP contribution in [-0.4, -0.2) is 26.8 Å². The maximum Gasteiger partial charge on any atom is 0.340 e. The van der Waals surface area contributed by atoms with Crippen LogP contribution in [0.2, 0.25) is 0 Å². The molecule has 1 unspecified atom stereocenters. The summed E-state index contributed by atoms with van der Waals surface area (Å²) in [5, 5.41) is 18.7. The molecule has 0 fully saturated rings. The van der Waals surface area contributed by atoms with Crippen molar-refractivity contribution in [1.82, 2.24) is 15.2 Å². The van der Waals surface area contributed by atoms with E-state index in [-0.39, 0.29) is 12.4 Å². The van der Waals surface area contributed by atoms with E-state index in [9.17, 15) is 9.90 Å². The lowest BCUT2D eigenvalue weighted by Crippen LogP contribution is -2.14. The molecule has 1 heterocycles. The van der Waals surface area contributed by atoms with E-state index < -0.39 is 11.8 Å². The van der Waals surface area contributed by atoms with Gasteiger partial charge in [-0.05, 0) is 34.1 Å². The van der Waals surface area contributed by atoms with E-state index in [0.29, 0.717) is 0 Å². The molecule has 6 nitrogen and oxygen atoms in total. The Hall–Kier alpha value is -1.12. The number of anilines is 1. The highest BCUT2D eigenvalue weighted by Gasteiger charge is 2.11. The maximum atomic E-state index is 10.8. The average molecular weight is 378 g/mol. The first-order chi connectivity index (χ1) is 8.56. The fourth-order valence-electron chi connectivity index (χ4n) is 1.38. The van der Waals surface area contributed by atoms with E-state index in [4.69, 9.17) is 0 Å². The van der Waals surface area contributed by atoms with E-state index in [2.05, 4.69) is 52.4 Å². The molecule has 1 aromatic carbocycles. The zero-order valence-corrected chi connectivity index (χ0v) is 12.2. The Balaban J connectivity index is 2.01. The Bertz CT molecular complexity index is 596. The summed E-state index contributed by atoms with van der Waals surface area (Å²) in [4.78, 5) is 13.2. The third-order valence-electron chi connectivity index (χ3n) is 2.25. The zero-order chi connectivity index (χ0) is 13.1. The van der Waals surface area contributed by atoms with Crippen LogP contribution in [0, 0.1) is 0 Å². The molecule has 2 rings (SSSR count). The van der Waals surface area contributed by atoms with Gasteiger partial charge in [-0.15, -0.1) is 0 Å². The molecule has 2 aromatic rings. The van der Waals surface area contributed by atoms with Crippen molar-refractivity contribution in [3.05, 3.63) is 43.5 Å². The highest BCUT2D eigenvalue weighted by molar-refractivity contribution is 9.11. The van der Waals surface area contributed by atoms with E-state index in [1.165, 1.54) is 0 Å². The van der Waals surface area contributed by atoms with Crippen molar-refractivity contribution >= 4 is 37.5 Å². The van der Waals surface area contributed by atoms with Gasteiger partial charge in [0.2, 0.25) is 0 Å². The Morgan fingerprint density at radius 1 is 1.44 bits per heavy atom. The lowest BCUT2D eigenvalue weighted by atomic mass is 10.3. The highest BCUT2D eigenvalue weighted by Crippen LogP contribution is 2.26. The van der Waals surface area contributed by atoms with Gasteiger partial charge in [0, 0.05) is 21.2 Å². The van der Waals surface area contributed by atoms with E-state index in [1.54, 1.807) is 0 Å². The minimum Gasteiger partial charge on any atom is -0.383 e. The van der Waals surface area contributed by atoms with Crippen molar-refractivity contribution in [2.75, 3.05) is 11.9 Å². The number of nitrogens with zero attached hydrogens (tertiary/aromatic N) is 1. The number of rotatable bonds is 4. The monoisotopic (exact) mass is 376 g/mol. The van der Waals surface area contributed by atoms with Crippen LogP contribution in [0.25, 0.3) is 0 Å². The van der Waals surface area contributed by atoms with Crippen LogP contribution in [0.3, 0.4) is 0 Å². The van der Waals surface area contributed by atoms with Crippen molar-refractivity contribution in [2.24, 2.45) is 0 Å². The minimum absolute atomic E-state index is 0.209. The van der Waals surface area contributed by atoms with Crippen LogP contribution in [0.5, 0.6) is 0 Å². The van der Waals surface area contributed by atoms with Gasteiger partial charge in [-0.2, -0.15) is 5.10 Å². The van der Waals surface area contributed by atoms with Gasteiger partial charge in [0.25, 0.3) is 0 Å². The molecule has 0 aliphatic rings. The van der Waals surface area contributed by atoms with Crippen LogP contribution in [0.15, 0.2) is 31.9 Å². The van der Waals surface area contributed by atoms with Crippen LogP contribution < -0.4 is 11.0 Å². The summed E-state index contributed by atoms with van der Waals surface area (Å²) in [5.74, 6) is 0.209. The molecule has 0 saturated carbocycles. The largest absolute Gasteiger partial charge is 0.383 e. The average Bonchev–Trinajstić information content (AvgIpc) is 2.74. The number of hydrogen-bond acceptors (Lipinski definition) is 4. The van der Waals surface area contributed by atoms with E-state index in [0.717, 1.165) is 14.6 Å². The molecule has 0 bridgehead atoms. The summed E-state index contributed by atoms with van der Waals surface area (Å²) >= 11 is 6.76. The van der Waals surface area contributed by atoms with Gasteiger partial charge < -0.3 is 10.4 Å². The topological polar surface area (TPSA) is 93.8 Å². The first kappa shape index (κ1) is 13.3. The number of aromatic amines is 2. The van der Waals surface area contributed by atoms with Gasteiger partial charge in [0.15, 0.2) is 5.82 Å². The molecule has 0 aliphatic carbocycles. The molecule has 4 N–H and O–H groups in total. The molecule has 8 heteroatoms. The lowest BCUT2D eigenvalue weighted by Gasteiger charge is -2.11. The lowest BCUT2D eigenvalue weighted by molar-refractivity contribution is 0.182. The Kier molecular flexibility index (Phi) is 4.20. The van der Waals surface area contributed by atoms with Crippen LogP contribution in [0.1, 0.15) is 11.9 Å². The summed E-state index contributed by atoms with van der Waals surface area (Å²) in [7, 11) is 0. The molecule has 1 atom stereocenters. The number of aliphatic hydroxyl groups is 1. The SMILES string of the molecule is O=c1[nH]nc(C(O)CNc2ccc(Br)cc2Br)[nH]1. The first-order valence-electron chi connectivity index (χ1n) is 5.08. The van der Waals surface area contributed by atoms with Gasteiger partial charge in [0.1, 0.15) is 6.10 Å². The summed E-state index contributed by atoms with van der Waals surface area (Å²) in [6.07, 6.45) is -0.889.